The van der Waals surface area contributed by atoms with Gasteiger partial charge in [0.15, 0.2) is 0 Å². The van der Waals surface area contributed by atoms with Crippen molar-refractivity contribution < 1.29 is 0 Å². The van der Waals surface area contributed by atoms with Crippen LogP contribution >= 0.6 is 0 Å². The molecule has 2 aromatic heterocycles. The molecular weight excluding hydrogens is 298 g/mol. The minimum Gasteiger partial charge on any atom is -0.370 e. The normalized spacial score (nSPS) is 15.5. The molecule has 24 heavy (non-hydrogen) atoms. The van der Waals surface area contributed by atoms with Gasteiger partial charge in [0.1, 0.15) is 11.6 Å². The Morgan fingerprint density at radius 1 is 1.04 bits per heavy atom. The molecule has 0 spiro atoms. The van der Waals surface area contributed by atoms with E-state index >= 15 is 0 Å². The molecule has 1 saturated heterocycles. The highest BCUT2D eigenvalue weighted by molar-refractivity contribution is 5.50. The maximum absolute atomic E-state index is 4.76. The van der Waals surface area contributed by atoms with Crippen LogP contribution in [0.15, 0.2) is 24.5 Å². The van der Waals surface area contributed by atoms with Gasteiger partial charge in [-0.1, -0.05) is 13.3 Å². The van der Waals surface area contributed by atoms with Crippen LogP contribution in [0, 0.1) is 13.8 Å². The Kier molecular flexibility index (Phi) is 5.28. The van der Waals surface area contributed by atoms with Crippen LogP contribution in [-0.4, -0.2) is 41.1 Å². The molecule has 2 aromatic rings. The van der Waals surface area contributed by atoms with Crippen molar-refractivity contribution >= 4 is 11.5 Å². The van der Waals surface area contributed by atoms with Crippen LogP contribution in [-0.2, 0) is 6.42 Å². The SMILES string of the molecule is CCCc1cnc(C)nc1N1CCCN(c2ccnc(C)c2)CC1. The third-order valence-corrected chi connectivity index (χ3v) is 4.52. The van der Waals surface area contributed by atoms with E-state index in [4.69, 9.17) is 4.98 Å². The molecule has 3 rings (SSSR count). The molecule has 0 bridgehead atoms. The maximum atomic E-state index is 4.76. The molecule has 1 aliphatic heterocycles. The molecule has 5 nitrogen and oxygen atoms in total. The largest absolute Gasteiger partial charge is 0.370 e. The zero-order valence-corrected chi connectivity index (χ0v) is 15.0. The predicted molar refractivity (Wildman–Crippen MR) is 98.8 cm³/mol. The highest BCUT2D eigenvalue weighted by Crippen LogP contribution is 2.22. The van der Waals surface area contributed by atoms with Crippen LogP contribution in [0.25, 0.3) is 0 Å². The number of hydrogen-bond acceptors (Lipinski definition) is 5. The van der Waals surface area contributed by atoms with Crippen LogP contribution < -0.4 is 9.80 Å². The number of hydrogen-bond donors (Lipinski definition) is 0. The van der Waals surface area contributed by atoms with Gasteiger partial charge in [-0.25, -0.2) is 9.97 Å². The average molecular weight is 325 g/mol. The quantitative estimate of drug-likeness (QED) is 0.864. The van der Waals surface area contributed by atoms with Gasteiger partial charge in [0, 0.05) is 55.5 Å². The summed E-state index contributed by atoms with van der Waals surface area (Å²) in [6.45, 7) is 10.4. The minimum atomic E-state index is 0.857. The van der Waals surface area contributed by atoms with Crippen molar-refractivity contribution in [2.45, 2.75) is 40.0 Å². The number of aromatic nitrogens is 3. The van der Waals surface area contributed by atoms with E-state index in [2.05, 4.69) is 38.8 Å². The molecule has 0 aliphatic carbocycles. The highest BCUT2D eigenvalue weighted by Gasteiger charge is 2.19. The second-order valence-electron chi connectivity index (χ2n) is 6.50. The first-order valence-corrected chi connectivity index (χ1v) is 8.92. The topological polar surface area (TPSA) is 45.2 Å². The number of pyridine rings is 1. The van der Waals surface area contributed by atoms with Crippen LogP contribution in [0.3, 0.4) is 0 Å². The summed E-state index contributed by atoms with van der Waals surface area (Å²) in [5.74, 6) is 1.99. The Morgan fingerprint density at radius 3 is 2.62 bits per heavy atom. The van der Waals surface area contributed by atoms with Gasteiger partial charge in [-0.05, 0) is 38.8 Å². The summed E-state index contributed by atoms with van der Waals surface area (Å²) >= 11 is 0. The van der Waals surface area contributed by atoms with Crippen LogP contribution in [0.4, 0.5) is 11.5 Å². The Bertz CT molecular complexity index is 685. The second kappa shape index (κ2) is 7.60. The molecule has 0 atom stereocenters. The molecule has 0 radical (unpaired) electrons. The molecule has 128 valence electrons. The first kappa shape index (κ1) is 16.7. The fourth-order valence-corrected chi connectivity index (χ4v) is 3.32. The van der Waals surface area contributed by atoms with Crippen molar-refractivity contribution in [2.75, 3.05) is 36.0 Å². The van der Waals surface area contributed by atoms with E-state index in [9.17, 15) is 0 Å². The number of rotatable bonds is 4. The summed E-state index contributed by atoms with van der Waals surface area (Å²) in [5.41, 5.74) is 3.62. The maximum Gasteiger partial charge on any atom is 0.135 e. The standard InChI is InChI=1S/C19H27N5/c1-4-6-17-14-21-16(3)22-19(17)24-10-5-9-23(11-12-24)18-7-8-20-15(2)13-18/h7-8,13-14H,4-6,9-12H2,1-3H3. The van der Waals surface area contributed by atoms with E-state index in [-0.39, 0.29) is 0 Å². The lowest BCUT2D eigenvalue weighted by atomic mass is 10.1. The Labute approximate surface area is 144 Å². The van der Waals surface area contributed by atoms with E-state index in [1.54, 1.807) is 0 Å². The lowest BCUT2D eigenvalue weighted by molar-refractivity contribution is 0.774. The minimum absolute atomic E-state index is 0.857. The predicted octanol–water partition coefficient (Wildman–Crippen LogP) is 3.16. The molecular formula is C19H27N5. The highest BCUT2D eigenvalue weighted by atomic mass is 15.3. The van der Waals surface area contributed by atoms with Crippen molar-refractivity contribution in [3.63, 3.8) is 0 Å². The van der Waals surface area contributed by atoms with Crippen LogP contribution in [0.5, 0.6) is 0 Å². The summed E-state index contributed by atoms with van der Waals surface area (Å²) in [5, 5.41) is 0. The Balaban J connectivity index is 1.77. The Hall–Kier alpha value is -2.17. The van der Waals surface area contributed by atoms with Crippen molar-refractivity contribution in [1.29, 1.82) is 0 Å². The van der Waals surface area contributed by atoms with Crippen molar-refractivity contribution in [3.05, 3.63) is 41.6 Å². The summed E-state index contributed by atoms with van der Waals surface area (Å²) < 4.78 is 0. The molecule has 5 heteroatoms. The van der Waals surface area contributed by atoms with E-state index in [1.807, 2.05) is 26.2 Å². The molecule has 1 fully saturated rings. The number of nitrogens with zero attached hydrogens (tertiary/aromatic N) is 5. The van der Waals surface area contributed by atoms with Crippen LogP contribution in [0.2, 0.25) is 0 Å². The van der Waals surface area contributed by atoms with Gasteiger partial charge in [-0.15, -0.1) is 0 Å². The molecule has 0 aromatic carbocycles. The third-order valence-electron chi connectivity index (χ3n) is 4.52. The molecule has 0 unspecified atom stereocenters. The van der Waals surface area contributed by atoms with Crippen LogP contribution in [0.1, 0.15) is 36.8 Å². The zero-order chi connectivity index (χ0) is 16.9. The van der Waals surface area contributed by atoms with Gasteiger partial charge in [0.2, 0.25) is 0 Å². The molecule has 1 aliphatic rings. The molecule has 0 saturated carbocycles. The first-order valence-electron chi connectivity index (χ1n) is 8.92. The van der Waals surface area contributed by atoms with Gasteiger partial charge >= 0.3 is 0 Å². The average Bonchev–Trinajstić information content (AvgIpc) is 2.83. The van der Waals surface area contributed by atoms with E-state index in [1.165, 1.54) is 11.3 Å². The number of anilines is 2. The van der Waals surface area contributed by atoms with Gasteiger partial charge in [0.05, 0.1) is 0 Å². The van der Waals surface area contributed by atoms with E-state index in [0.717, 1.165) is 62.8 Å². The lowest BCUT2D eigenvalue weighted by Gasteiger charge is -2.25. The second-order valence-corrected chi connectivity index (χ2v) is 6.50. The van der Waals surface area contributed by atoms with Gasteiger partial charge in [0.25, 0.3) is 0 Å². The van der Waals surface area contributed by atoms with Gasteiger partial charge in [-0.3, -0.25) is 4.98 Å². The summed E-state index contributed by atoms with van der Waals surface area (Å²) in [4.78, 5) is 18.4. The Morgan fingerprint density at radius 2 is 1.83 bits per heavy atom. The summed E-state index contributed by atoms with van der Waals surface area (Å²) in [6, 6.07) is 4.28. The lowest BCUT2D eigenvalue weighted by Crippen LogP contribution is -2.32. The fourth-order valence-electron chi connectivity index (χ4n) is 3.32. The van der Waals surface area contributed by atoms with Gasteiger partial charge < -0.3 is 9.80 Å². The van der Waals surface area contributed by atoms with E-state index < -0.39 is 0 Å². The van der Waals surface area contributed by atoms with E-state index in [0.29, 0.717) is 0 Å². The first-order chi connectivity index (χ1) is 11.7. The van der Waals surface area contributed by atoms with Crippen molar-refractivity contribution in [3.8, 4) is 0 Å². The van der Waals surface area contributed by atoms with Gasteiger partial charge in [-0.2, -0.15) is 0 Å². The third kappa shape index (κ3) is 3.83. The zero-order valence-electron chi connectivity index (χ0n) is 15.0. The fraction of sp³-hybridized carbons (Fsp3) is 0.526. The molecule has 0 amide bonds. The monoisotopic (exact) mass is 325 g/mol. The van der Waals surface area contributed by atoms with Crippen molar-refractivity contribution in [1.82, 2.24) is 15.0 Å². The summed E-state index contributed by atoms with van der Waals surface area (Å²) in [6.07, 6.45) is 7.21. The van der Waals surface area contributed by atoms with Crippen molar-refractivity contribution in [2.24, 2.45) is 0 Å². The summed E-state index contributed by atoms with van der Waals surface area (Å²) in [7, 11) is 0. The molecule has 3 heterocycles. The smallest absolute Gasteiger partial charge is 0.135 e. The number of aryl methyl sites for hydroxylation is 3. The molecule has 0 N–H and O–H groups in total.